The van der Waals surface area contributed by atoms with Gasteiger partial charge in [0.25, 0.3) is 17.4 Å². The highest BCUT2D eigenvalue weighted by Gasteiger charge is 2.46. The van der Waals surface area contributed by atoms with Crippen molar-refractivity contribution in [1.29, 1.82) is 5.41 Å². The van der Waals surface area contributed by atoms with E-state index in [-0.39, 0.29) is 97.7 Å². The molecule has 3 fully saturated rings. The van der Waals surface area contributed by atoms with E-state index >= 15 is 0 Å². The number of unbranched alkanes of at least 4 members (excludes halogenated alkanes) is 2. The highest BCUT2D eigenvalue weighted by Crippen LogP contribution is 2.39. The van der Waals surface area contributed by atoms with Crippen molar-refractivity contribution in [2.24, 2.45) is 10.7 Å². The zero-order chi connectivity index (χ0) is 99.7. The summed E-state index contributed by atoms with van der Waals surface area (Å²) in [4.78, 5) is 220. The van der Waals surface area contributed by atoms with Gasteiger partial charge in [-0.15, -0.1) is 0 Å². The number of benzene rings is 5. The first-order valence-electron chi connectivity index (χ1n) is 44.2. The number of imidazole rings is 1. The summed E-state index contributed by atoms with van der Waals surface area (Å²) in [6, 6.07) is 16.8. The van der Waals surface area contributed by atoms with E-state index in [9.17, 15) is 92.7 Å². The summed E-state index contributed by atoms with van der Waals surface area (Å²) < 4.78 is 29.6. The Morgan fingerprint density at radius 3 is 1.99 bits per heavy atom. The number of hydrogen-bond donors (Lipinski definition) is 19. The number of amides is 8. The molecule has 8 aromatic rings. The fraction of sp³-hybridized carbons (Fsp3) is 0.400. The SMILES string of the molecule is C=C1C[C@@H](C2OCCN2C(=O)OCCSSC[C@H](NC(=O)[C@H](CC(=O)O)NC(=O)[C@H](CC(=O)O)NC(=O)[C@H](CCCNC(=N)N)NC(=O)[C@H](CC(=O)O)NC(=O)CC[C@H](NC(=O)c2ccc(NCc3cnc4nc(N)[nH]c(=O)c4n3)cc2)C(=O)O)C(=O)O)N(C(=O)c2cc(OC)c(OCCCCCOc3ccc(-c4nc5ccc(C6=Nc7cc(N8CCN(C)CC8)ccc7C6)cc5[nH]4)cc3)cc2N)C1. The minimum atomic E-state index is -2.20. The van der Waals surface area contributed by atoms with Gasteiger partial charge >= 0.3 is 35.9 Å². The molecular formula is C90H107N23O24S2. The molecule has 0 aliphatic carbocycles. The van der Waals surface area contributed by atoms with Crippen LogP contribution in [0, 0.1) is 5.41 Å². The van der Waals surface area contributed by atoms with Crippen LogP contribution < -0.4 is 84.4 Å². The molecule has 8 amide bonds. The Balaban J connectivity index is 0.562. The Bertz CT molecular complexity index is 6020. The van der Waals surface area contributed by atoms with Gasteiger partial charge in [-0.1, -0.05) is 45.9 Å². The number of nitrogens with two attached hydrogens (primary N) is 3. The van der Waals surface area contributed by atoms with E-state index in [4.69, 9.17) is 56.3 Å². The quantitative estimate of drug-likeness (QED) is 0.00651. The smallest absolute Gasteiger partial charge is 0.412 e. The van der Waals surface area contributed by atoms with E-state index < -0.39 is 182 Å². The molecule has 738 valence electrons. The molecule has 47 nitrogen and oxygen atoms in total. The van der Waals surface area contributed by atoms with Crippen molar-refractivity contribution in [1.82, 2.24) is 81.8 Å². The number of anilines is 4. The van der Waals surface area contributed by atoms with E-state index in [1.54, 1.807) is 0 Å². The lowest BCUT2D eigenvalue weighted by Gasteiger charge is -2.34. The van der Waals surface area contributed by atoms with Crippen molar-refractivity contribution < 1.29 is 112 Å². The topological polar surface area (TPSA) is 693 Å². The van der Waals surface area contributed by atoms with E-state index in [2.05, 4.69) is 116 Å². The van der Waals surface area contributed by atoms with Crippen molar-refractivity contribution in [3.63, 3.8) is 0 Å². The summed E-state index contributed by atoms with van der Waals surface area (Å²) in [5, 5.41) is 75.7. The number of fused-ring (bicyclic) bond motifs is 3. The minimum Gasteiger partial charge on any atom is -0.494 e. The van der Waals surface area contributed by atoms with Crippen molar-refractivity contribution in [3.8, 4) is 28.6 Å². The Morgan fingerprint density at radius 1 is 0.662 bits per heavy atom. The summed E-state index contributed by atoms with van der Waals surface area (Å²) in [7, 11) is 5.47. The van der Waals surface area contributed by atoms with Gasteiger partial charge in [0.1, 0.15) is 54.4 Å². The first-order valence-corrected chi connectivity index (χ1v) is 46.7. The number of ether oxygens (including phenoxy) is 5. The van der Waals surface area contributed by atoms with Gasteiger partial charge in [-0.3, -0.25) is 73.0 Å². The monoisotopic (exact) mass is 1960 g/mol. The number of nitrogens with zero attached hydrogens (tertiary/aromatic N) is 9. The van der Waals surface area contributed by atoms with Gasteiger partial charge < -0.3 is 129 Å². The van der Waals surface area contributed by atoms with Crippen LogP contribution in [-0.4, -0.2) is 306 Å². The fourth-order valence-corrected chi connectivity index (χ4v) is 17.5. The first-order chi connectivity index (χ1) is 66.6. The number of rotatable bonds is 49. The molecular weight excluding hydrogens is 1850 g/mol. The summed E-state index contributed by atoms with van der Waals surface area (Å²) in [5.74, 6) is -15.5. The van der Waals surface area contributed by atoms with E-state index in [0.717, 1.165) is 106 Å². The second-order valence-electron chi connectivity index (χ2n) is 33.0. The Hall–Kier alpha value is -15.4. The Morgan fingerprint density at radius 2 is 1.32 bits per heavy atom. The van der Waals surface area contributed by atoms with Crippen LogP contribution in [0.4, 0.5) is 33.5 Å². The molecule has 0 spiro atoms. The van der Waals surface area contributed by atoms with Crippen LogP contribution in [0.25, 0.3) is 33.6 Å². The molecule has 3 aromatic heterocycles. The lowest BCUT2D eigenvalue weighted by molar-refractivity contribution is -0.144. The molecule has 0 radical (unpaired) electrons. The van der Waals surface area contributed by atoms with Gasteiger partial charge in [0.2, 0.25) is 35.5 Å². The first kappa shape index (κ1) is 103. The number of aromatic nitrogens is 6. The number of aliphatic imine (C=N–C) groups is 1. The van der Waals surface area contributed by atoms with Crippen LogP contribution in [0.5, 0.6) is 17.2 Å². The van der Waals surface area contributed by atoms with Crippen molar-refractivity contribution in [3.05, 3.63) is 154 Å². The maximum atomic E-state index is 14.5. The summed E-state index contributed by atoms with van der Waals surface area (Å²) in [6.07, 6.45) is -2.87. The van der Waals surface area contributed by atoms with E-state index in [1.165, 1.54) is 70.8 Å². The number of likely N-dealkylation sites (tertiary alicyclic amines) is 1. The lowest BCUT2D eigenvalue weighted by atomic mass is 10.0. The van der Waals surface area contributed by atoms with Crippen LogP contribution in [0.15, 0.2) is 125 Å². The average molecular weight is 1960 g/mol. The highest BCUT2D eigenvalue weighted by atomic mass is 33.1. The number of aromatic amines is 2. The van der Waals surface area contributed by atoms with Gasteiger partial charge in [0.05, 0.1) is 105 Å². The summed E-state index contributed by atoms with van der Waals surface area (Å²) in [6.45, 7) is 8.90. The molecule has 49 heteroatoms. The third kappa shape index (κ3) is 28.6. The minimum absolute atomic E-state index is 0.0249. The molecule has 1 unspecified atom stereocenters. The number of guanidine groups is 1. The third-order valence-corrected chi connectivity index (χ3v) is 25.2. The molecule has 4 aliphatic heterocycles. The molecule has 8 atom stereocenters. The van der Waals surface area contributed by atoms with E-state index in [1.807, 2.05) is 35.6 Å². The molecule has 5 aromatic carbocycles. The number of likely N-dealkylation sites (N-methyl/N-ethyl adjacent to an activating group) is 1. The molecule has 7 heterocycles. The number of nitrogen functional groups attached to an aromatic ring is 2. The lowest BCUT2D eigenvalue weighted by Crippen LogP contribution is -2.59. The average Bonchev–Trinajstić information content (AvgIpc) is 1.68. The second kappa shape index (κ2) is 48.4. The van der Waals surface area contributed by atoms with Crippen LogP contribution in [0.3, 0.4) is 0 Å². The normalized spacial score (nSPS) is 15.9. The third-order valence-electron chi connectivity index (χ3n) is 22.8. The largest absolute Gasteiger partial charge is 0.494 e. The zero-order valence-corrected chi connectivity index (χ0v) is 77.2. The number of nitrogens with one attached hydrogen (secondary N) is 11. The number of piperazine rings is 1. The Kier molecular flexibility index (Phi) is 35.7. The molecule has 3 saturated heterocycles. The Labute approximate surface area is 801 Å². The summed E-state index contributed by atoms with van der Waals surface area (Å²) in [5.41, 5.74) is 26.8. The van der Waals surface area contributed by atoms with Gasteiger partial charge in [-0.25, -0.2) is 29.3 Å². The molecule has 22 N–H and O–H groups in total. The number of carbonyl (C=O) groups excluding carboxylic acids is 8. The van der Waals surface area contributed by atoms with Gasteiger partial charge in [-0.05, 0) is 142 Å². The molecule has 0 saturated carbocycles. The number of H-pyrrole nitrogens is 2. The maximum Gasteiger partial charge on any atom is 0.412 e. The second-order valence-corrected chi connectivity index (χ2v) is 35.6. The number of hydrogen-bond acceptors (Lipinski definition) is 32. The van der Waals surface area contributed by atoms with Crippen LogP contribution in [-0.2, 0) is 70.4 Å². The van der Waals surface area contributed by atoms with E-state index in [0.29, 0.717) is 48.1 Å². The van der Waals surface area contributed by atoms with Crippen molar-refractivity contribution in [2.75, 3.05) is 120 Å². The zero-order valence-electron chi connectivity index (χ0n) is 75.6. The van der Waals surface area contributed by atoms with Gasteiger partial charge in [0.15, 0.2) is 34.9 Å². The van der Waals surface area contributed by atoms with Gasteiger partial charge in [-0.2, -0.15) is 4.98 Å². The molecule has 0 bridgehead atoms. The fourth-order valence-electron chi connectivity index (χ4n) is 15.5. The van der Waals surface area contributed by atoms with Crippen LogP contribution >= 0.6 is 21.6 Å². The highest BCUT2D eigenvalue weighted by molar-refractivity contribution is 8.76. The predicted octanol–water partition coefficient (Wildman–Crippen LogP) is 2.90. The van der Waals surface area contributed by atoms with Crippen molar-refractivity contribution >= 4 is 161 Å². The van der Waals surface area contributed by atoms with Crippen LogP contribution in [0.1, 0.15) is 108 Å². The predicted molar refractivity (Wildman–Crippen MR) is 509 cm³/mol. The molecule has 12 rings (SSSR count). The van der Waals surface area contributed by atoms with Crippen LogP contribution in [0.2, 0.25) is 0 Å². The van der Waals surface area contributed by atoms with Gasteiger partial charge in [0, 0.05) is 97.9 Å². The standard InChI is InChI=1S/C90H107N23O24S2/c1-47-34-68(113(45-47)84(127)56-38-69(133-3)70(39-57(56)91)135-30-6-4-5-29-134-55-18-12-48(13-19-55)76-101-58-20-14-51(36-63(58)102-76)61-35-50-11-17-54(37-62(50)99-61)111-26-24-110(2)25-27-111)85-112(28-31-136-85)90(132)137-32-33-138-139-46-67(87(130)131)107-82(125)66(42-74(119)120)106-81(124)65(41-73(117)118)105-79(122)59(8-7-23-95-88(92)93)103-80(123)64(40-72(115)116)100-71(114)22-21-60(86(128)129)104-78(121)49-9-15-52(16-10-49)96-43-53-44-97-77-75(98-53)83(126)109-89(94)108-77/h9-20,36-39,44,59-60,64-68,85,96H,1,4-8,21-35,40-43,45-46,91H2,2-3H3,(H,100,114)(H,101,102)(H,103,123)(H,104,121)(H,105,122)(H,106,124)(H,107,125)(H,115,116)(H,117,118)(H,119,120)(H,128,129)(H,130,131)(H4,92,93,95)(H3,94,97,108,109,126)/t59-,60-,64-,65-,66-,67-,68-,85?/m0/s1. The van der Waals surface area contributed by atoms with Crippen molar-refractivity contribution in [2.45, 2.75) is 132 Å². The molecule has 139 heavy (non-hydrogen) atoms. The number of carboxylic acid groups (broad SMARTS) is 5. The number of methoxy groups -OCH3 is 1. The number of aliphatic carboxylic acids is 5. The number of carboxylic acids is 5. The summed E-state index contributed by atoms with van der Waals surface area (Å²) >= 11 is 0. The number of carbonyl (C=O) groups is 13. The molecule has 4 aliphatic rings. The maximum absolute atomic E-state index is 14.5.